The molecule has 4 rings (SSSR count). The van der Waals surface area contributed by atoms with Crippen molar-refractivity contribution in [2.75, 3.05) is 26.7 Å². The predicted octanol–water partition coefficient (Wildman–Crippen LogP) is 5.66. The molecule has 3 aromatic rings. The van der Waals surface area contributed by atoms with E-state index in [0.717, 1.165) is 31.9 Å². The Kier molecular flexibility index (Phi) is 7.84. The van der Waals surface area contributed by atoms with Crippen LogP contribution in [0.5, 0.6) is 5.75 Å². The van der Waals surface area contributed by atoms with Crippen LogP contribution >= 0.6 is 11.3 Å². The highest BCUT2D eigenvalue weighted by Crippen LogP contribution is 2.39. The SMILES string of the molecule is COc1ccccc1[C@H]1CN(Cc2cccs2)C[C@@H]1CN(Cc1ccccc1)C(=O)C(C)C. The van der Waals surface area contributed by atoms with Gasteiger partial charge in [0.2, 0.25) is 5.91 Å². The van der Waals surface area contributed by atoms with Gasteiger partial charge in [0.25, 0.3) is 0 Å². The maximum atomic E-state index is 13.2. The Hall–Kier alpha value is -2.63. The van der Waals surface area contributed by atoms with Gasteiger partial charge in [-0.2, -0.15) is 0 Å². The van der Waals surface area contributed by atoms with Gasteiger partial charge in [-0.1, -0.05) is 68.4 Å². The zero-order valence-electron chi connectivity index (χ0n) is 19.8. The van der Waals surface area contributed by atoms with E-state index in [-0.39, 0.29) is 11.8 Å². The minimum atomic E-state index is -0.0259. The molecule has 0 bridgehead atoms. The van der Waals surface area contributed by atoms with Crippen molar-refractivity contribution in [1.29, 1.82) is 0 Å². The molecule has 2 heterocycles. The van der Waals surface area contributed by atoms with Gasteiger partial charge >= 0.3 is 0 Å². The molecule has 2 aromatic carbocycles. The molecule has 33 heavy (non-hydrogen) atoms. The summed E-state index contributed by atoms with van der Waals surface area (Å²) in [5.74, 6) is 1.79. The summed E-state index contributed by atoms with van der Waals surface area (Å²) in [6.45, 7) is 8.28. The molecular formula is C28H34N2O2S. The molecule has 1 aliphatic rings. The second kappa shape index (κ2) is 11.0. The number of para-hydroxylation sites is 1. The van der Waals surface area contributed by atoms with Gasteiger partial charge in [-0.3, -0.25) is 9.69 Å². The molecule has 1 aliphatic heterocycles. The zero-order valence-corrected chi connectivity index (χ0v) is 20.6. The van der Waals surface area contributed by atoms with E-state index in [9.17, 15) is 4.79 Å². The first-order chi connectivity index (χ1) is 16.0. The average molecular weight is 463 g/mol. The van der Waals surface area contributed by atoms with Crippen LogP contribution in [0.1, 0.15) is 35.8 Å². The lowest BCUT2D eigenvalue weighted by Crippen LogP contribution is -2.39. The predicted molar refractivity (Wildman–Crippen MR) is 136 cm³/mol. The summed E-state index contributed by atoms with van der Waals surface area (Å²) in [5.41, 5.74) is 2.42. The number of rotatable bonds is 9. The zero-order chi connectivity index (χ0) is 23.2. The Labute approximate surface area is 201 Å². The fourth-order valence-electron chi connectivity index (χ4n) is 4.91. The van der Waals surface area contributed by atoms with Gasteiger partial charge < -0.3 is 9.64 Å². The summed E-state index contributed by atoms with van der Waals surface area (Å²) in [7, 11) is 1.75. The van der Waals surface area contributed by atoms with Crippen LogP contribution in [0.3, 0.4) is 0 Å². The molecule has 2 atom stereocenters. The van der Waals surface area contributed by atoms with Crippen molar-refractivity contribution in [2.24, 2.45) is 11.8 Å². The minimum Gasteiger partial charge on any atom is -0.496 e. The number of hydrogen-bond acceptors (Lipinski definition) is 4. The van der Waals surface area contributed by atoms with Crippen LogP contribution in [-0.2, 0) is 17.9 Å². The molecule has 0 N–H and O–H groups in total. The number of carbonyl (C=O) groups is 1. The van der Waals surface area contributed by atoms with Crippen molar-refractivity contribution < 1.29 is 9.53 Å². The summed E-state index contributed by atoms with van der Waals surface area (Å²) >= 11 is 1.81. The monoisotopic (exact) mass is 462 g/mol. The highest BCUT2D eigenvalue weighted by Gasteiger charge is 2.37. The third-order valence-electron chi connectivity index (χ3n) is 6.49. The molecule has 0 saturated carbocycles. The first-order valence-electron chi connectivity index (χ1n) is 11.8. The number of ether oxygens (including phenoxy) is 1. The number of thiophene rings is 1. The van der Waals surface area contributed by atoms with E-state index in [2.05, 4.69) is 57.6 Å². The average Bonchev–Trinajstić information content (AvgIpc) is 3.49. The number of likely N-dealkylation sites (tertiary alicyclic amines) is 1. The van der Waals surface area contributed by atoms with Crippen LogP contribution in [0, 0.1) is 11.8 Å². The fourth-order valence-corrected chi connectivity index (χ4v) is 5.65. The van der Waals surface area contributed by atoms with Crippen LogP contribution in [0.2, 0.25) is 0 Å². The lowest BCUT2D eigenvalue weighted by Gasteiger charge is -2.30. The number of carbonyl (C=O) groups excluding carboxylic acids is 1. The number of nitrogens with zero attached hydrogens (tertiary/aromatic N) is 2. The summed E-state index contributed by atoms with van der Waals surface area (Å²) in [6, 6.07) is 23.0. The molecule has 1 amide bonds. The second-order valence-electron chi connectivity index (χ2n) is 9.24. The van der Waals surface area contributed by atoms with Crippen LogP contribution in [-0.4, -0.2) is 42.5 Å². The highest BCUT2D eigenvalue weighted by molar-refractivity contribution is 7.09. The Bertz CT molecular complexity index is 1020. The molecular weight excluding hydrogens is 428 g/mol. The van der Waals surface area contributed by atoms with Crippen molar-refractivity contribution in [3.05, 3.63) is 88.1 Å². The number of hydrogen-bond donors (Lipinski definition) is 0. The molecule has 0 radical (unpaired) electrons. The summed E-state index contributed by atoms with van der Waals surface area (Å²) in [6.07, 6.45) is 0. The Morgan fingerprint density at radius 3 is 2.52 bits per heavy atom. The van der Waals surface area contributed by atoms with Gasteiger partial charge in [-0.05, 0) is 34.6 Å². The van der Waals surface area contributed by atoms with Gasteiger partial charge in [0, 0.05) is 49.4 Å². The molecule has 1 aromatic heterocycles. The van der Waals surface area contributed by atoms with Crippen molar-refractivity contribution in [3.8, 4) is 5.75 Å². The summed E-state index contributed by atoms with van der Waals surface area (Å²) < 4.78 is 5.74. The van der Waals surface area contributed by atoms with Crippen molar-refractivity contribution in [3.63, 3.8) is 0 Å². The Morgan fingerprint density at radius 1 is 1.06 bits per heavy atom. The molecule has 1 fully saturated rings. The maximum absolute atomic E-state index is 13.2. The largest absolute Gasteiger partial charge is 0.496 e. The smallest absolute Gasteiger partial charge is 0.225 e. The van der Waals surface area contributed by atoms with Crippen molar-refractivity contribution >= 4 is 17.2 Å². The first kappa shape index (κ1) is 23.5. The summed E-state index contributed by atoms with van der Waals surface area (Å²) in [4.78, 5) is 19.2. The molecule has 4 nitrogen and oxygen atoms in total. The van der Waals surface area contributed by atoms with Gasteiger partial charge in [0.05, 0.1) is 7.11 Å². The van der Waals surface area contributed by atoms with Crippen molar-refractivity contribution in [2.45, 2.75) is 32.9 Å². The minimum absolute atomic E-state index is 0.0259. The highest BCUT2D eigenvalue weighted by atomic mass is 32.1. The third-order valence-corrected chi connectivity index (χ3v) is 7.35. The maximum Gasteiger partial charge on any atom is 0.225 e. The molecule has 0 spiro atoms. The topological polar surface area (TPSA) is 32.8 Å². The number of methoxy groups -OCH3 is 1. The quantitative estimate of drug-likeness (QED) is 0.411. The normalized spacial score (nSPS) is 18.5. The number of amides is 1. The van der Waals surface area contributed by atoms with E-state index in [1.165, 1.54) is 16.0 Å². The van der Waals surface area contributed by atoms with Crippen molar-refractivity contribution in [1.82, 2.24) is 9.80 Å². The first-order valence-corrected chi connectivity index (χ1v) is 12.6. The third kappa shape index (κ3) is 5.84. The van der Waals surface area contributed by atoms with E-state index in [1.807, 2.05) is 49.4 Å². The van der Waals surface area contributed by atoms with E-state index in [1.54, 1.807) is 7.11 Å². The molecule has 0 aliphatic carbocycles. The van der Waals surface area contributed by atoms with Crippen LogP contribution in [0.25, 0.3) is 0 Å². The van der Waals surface area contributed by atoms with Crippen LogP contribution in [0.4, 0.5) is 0 Å². The molecule has 1 saturated heterocycles. The van der Waals surface area contributed by atoms with Gasteiger partial charge in [0.1, 0.15) is 5.75 Å². The molecule has 5 heteroatoms. The van der Waals surface area contributed by atoms with Crippen LogP contribution < -0.4 is 4.74 Å². The lowest BCUT2D eigenvalue weighted by molar-refractivity contribution is -0.135. The Balaban J connectivity index is 1.60. The van der Waals surface area contributed by atoms with Gasteiger partial charge in [-0.15, -0.1) is 11.3 Å². The Morgan fingerprint density at radius 2 is 1.82 bits per heavy atom. The number of benzene rings is 2. The lowest BCUT2D eigenvalue weighted by atomic mass is 9.87. The van der Waals surface area contributed by atoms with E-state index in [4.69, 9.17) is 4.74 Å². The standard InChI is InChI=1S/C28H34N2O2S/c1-21(2)28(31)30(16-22-10-5-4-6-11-22)18-23-17-29(19-24-12-9-15-33-24)20-26(23)25-13-7-8-14-27(25)32-3/h4-15,21,23,26H,16-20H2,1-3H3/t23-,26+/m1/s1. The van der Waals surface area contributed by atoms with Gasteiger partial charge in [0.15, 0.2) is 0 Å². The van der Waals surface area contributed by atoms with E-state index < -0.39 is 0 Å². The second-order valence-corrected chi connectivity index (χ2v) is 10.3. The van der Waals surface area contributed by atoms with Gasteiger partial charge in [-0.25, -0.2) is 0 Å². The van der Waals surface area contributed by atoms with Crippen LogP contribution in [0.15, 0.2) is 72.1 Å². The van der Waals surface area contributed by atoms with E-state index in [0.29, 0.717) is 18.4 Å². The molecule has 0 unspecified atom stereocenters. The summed E-state index contributed by atoms with van der Waals surface area (Å²) in [5, 5.41) is 2.14. The van der Waals surface area contributed by atoms with E-state index >= 15 is 0 Å². The molecule has 174 valence electrons. The fraction of sp³-hybridized carbons (Fsp3) is 0.393.